The van der Waals surface area contributed by atoms with Crippen molar-refractivity contribution in [3.8, 4) is 6.07 Å². The molecule has 4 heteroatoms. The Labute approximate surface area is 171 Å². The molecule has 29 heavy (non-hydrogen) atoms. The highest BCUT2D eigenvalue weighted by molar-refractivity contribution is 6.00. The quantitative estimate of drug-likeness (QED) is 0.839. The van der Waals surface area contributed by atoms with Crippen LogP contribution in [0.25, 0.3) is 0 Å². The Hall–Kier alpha value is -3.32. The van der Waals surface area contributed by atoms with Gasteiger partial charge in [-0.25, -0.2) is 0 Å². The number of hydrogen-bond donors (Lipinski definition) is 1. The molecular weight excluding hydrogens is 358 g/mol. The number of ketones is 1. The van der Waals surface area contributed by atoms with Crippen LogP contribution in [0.1, 0.15) is 43.7 Å². The molecule has 1 heterocycles. The third-order valence-corrected chi connectivity index (χ3v) is 5.80. The van der Waals surface area contributed by atoms with Crippen molar-refractivity contribution in [2.45, 2.75) is 39.2 Å². The molecule has 2 aromatic carbocycles. The SMILES string of the molecule is CC1(C)CC(=O)C2=C(C1)N(Cc1ccccc1)C(N)=C(C#N)[C@@H]2c1ccccc1. The Morgan fingerprint density at radius 2 is 1.69 bits per heavy atom. The molecule has 146 valence electrons. The third kappa shape index (κ3) is 3.45. The second-order valence-electron chi connectivity index (χ2n) is 8.63. The Kier molecular flexibility index (Phi) is 4.76. The van der Waals surface area contributed by atoms with Gasteiger partial charge in [0.15, 0.2) is 5.78 Å². The lowest BCUT2D eigenvalue weighted by molar-refractivity contribution is -0.118. The van der Waals surface area contributed by atoms with Gasteiger partial charge in [0.2, 0.25) is 0 Å². The fourth-order valence-electron chi connectivity index (χ4n) is 4.50. The lowest BCUT2D eigenvalue weighted by Gasteiger charge is -2.44. The van der Waals surface area contributed by atoms with E-state index in [4.69, 9.17) is 5.73 Å². The average molecular weight is 383 g/mol. The van der Waals surface area contributed by atoms with Gasteiger partial charge in [0.05, 0.1) is 17.6 Å². The smallest absolute Gasteiger partial charge is 0.162 e. The van der Waals surface area contributed by atoms with Gasteiger partial charge < -0.3 is 10.6 Å². The van der Waals surface area contributed by atoms with Gasteiger partial charge in [-0.05, 0) is 23.0 Å². The van der Waals surface area contributed by atoms with E-state index in [0.29, 0.717) is 24.4 Å². The first-order chi connectivity index (χ1) is 13.9. The zero-order valence-corrected chi connectivity index (χ0v) is 16.9. The molecule has 4 rings (SSSR count). The number of nitrogens with zero attached hydrogens (tertiary/aromatic N) is 2. The van der Waals surface area contributed by atoms with Crippen LogP contribution in [0.15, 0.2) is 83.3 Å². The van der Waals surface area contributed by atoms with Gasteiger partial charge in [0.1, 0.15) is 5.82 Å². The summed E-state index contributed by atoms with van der Waals surface area (Å²) in [5.41, 5.74) is 10.6. The maximum Gasteiger partial charge on any atom is 0.162 e. The molecule has 4 nitrogen and oxygen atoms in total. The number of benzene rings is 2. The molecule has 0 aromatic heterocycles. The zero-order valence-electron chi connectivity index (χ0n) is 16.9. The zero-order chi connectivity index (χ0) is 20.6. The Morgan fingerprint density at radius 3 is 2.31 bits per heavy atom. The molecule has 0 radical (unpaired) electrons. The highest BCUT2D eigenvalue weighted by Crippen LogP contribution is 2.49. The molecular formula is C25H25N3O. The lowest BCUT2D eigenvalue weighted by atomic mass is 9.68. The molecule has 1 atom stereocenters. The van der Waals surface area contributed by atoms with Crippen LogP contribution in [0.3, 0.4) is 0 Å². The molecule has 0 saturated heterocycles. The number of rotatable bonds is 3. The van der Waals surface area contributed by atoms with Crippen LogP contribution in [-0.4, -0.2) is 10.7 Å². The van der Waals surface area contributed by atoms with Crippen molar-refractivity contribution < 1.29 is 4.79 Å². The van der Waals surface area contributed by atoms with Gasteiger partial charge in [-0.3, -0.25) is 4.79 Å². The van der Waals surface area contributed by atoms with Gasteiger partial charge in [-0.15, -0.1) is 0 Å². The summed E-state index contributed by atoms with van der Waals surface area (Å²) in [5.74, 6) is 0.171. The lowest BCUT2D eigenvalue weighted by Crippen LogP contribution is -2.41. The molecule has 0 spiro atoms. The summed E-state index contributed by atoms with van der Waals surface area (Å²) < 4.78 is 0. The molecule has 0 saturated carbocycles. The number of carbonyl (C=O) groups is 1. The summed E-state index contributed by atoms with van der Waals surface area (Å²) >= 11 is 0. The van der Waals surface area contributed by atoms with Crippen LogP contribution < -0.4 is 5.73 Å². The molecule has 1 aliphatic carbocycles. The summed E-state index contributed by atoms with van der Waals surface area (Å²) in [5, 5.41) is 10.0. The third-order valence-electron chi connectivity index (χ3n) is 5.80. The minimum absolute atomic E-state index is 0.114. The van der Waals surface area contributed by atoms with Crippen molar-refractivity contribution in [3.63, 3.8) is 0 Å². The number of Topliss-reactive ketones (excluding diaryl/α,β-unsaturated/α-hetero) is 1. The molecule has 2 N–H and O–H groups in total. The maximum absolute atomic E-state index is 13.3. The average Bonchev–Trinajstić information content (AvgIpc) is 2.70. The number of nitriles is 1. The fraction of sp³-hybridized carbons (Fsp3) is 0.280. The highest BCUT2D eigenvalue weighted by Gasteiger charge is 2.44. The number of carbonyl (C=O) groups excluding carboxylic acids is 1. The van der Waals surface area contributed by atoms with E-state index in [9.17, 15) is 10.1 Å². The Morgan fingerprint density at radius 1 is 1.07 bits per heavy atom. The van der Waals surface area contributed by atoms with Crippen LogP contribution in [0.5, 0.6) is 0 Å². The summed E-state index contributed by atoms with van der Waals surface area (Å²) in [6.45, 7) is 4.78. The molecule has 2 aliphatic rings. The van der Waals surface area contributed by atoms with Crippen LogP contribution in [0.4, 0.5) is 0 Å². The van der Waals surface area contributed by atoms with E-state index >= 15 is 0 Å². The van der Waals surface area contributed by atoms with Crippen molar-refractivity contribution >= 4 is 5.78 Å². The first-order valence-electron chi connectivity index (χ1n) is 9.94. The van der Waals surface area contributed by atoms with Crippen LogP contribution in [0, 0.1) is 16.7 Å². The minimum Gasteiger partial charge on any atom is -0.384 e. The maximum atomic E-state index is 13.3. The molecule has 0 amide bonds. The van der Waals surface area contributed by atoms with E-state index in [1.54, 1.807) is 0 Å². The van der Waals surface area contributed by atoms with Crippen LogP contribution >= 0.6 is 0 Å². The molecule has 0 bridgehead atoms. The minimum atomic E-state index is -0.396. The van der Waals surface area contributed by atoms with Gasteiger partial charge in [0, 0.05) is 24.2 Å². The van der Waals surface area contributed by atoms with Gasteiger partial charge in [0.25, 0.3) is 0 Å². The fourth-order valence-corrected chi connectivity index (χ4v) is 4.50. The largest absolute Gasteiger partial charge is 0.384 e. The monoisotopic (exact) mass is 383 g/mol. The standard InChI is InChI=1S/C25H25N3O/c1-25(2)13-20-23(21(29)14-25)22(18-11-7-4-8-12-18)19(15-26)24(27)28(20)16-17-9-5-3-6-10-17/h3-12,22H,13-14,16,27H2,1-2H3/t22-/m0/s1. The summed E-state index contributed by atoms with van der Waals surface area (Å²) in [6, 6.07) is 22.1. The second kappa shape index (κ2) is 7.25. The van der Waals surface area contributed by atoms with E-state index in [-0.39, 0.29) is 11.2 Å². The van der Waals surface area contributed by atoms with Crippen LogP contribution in [0.2, 0.25) is 0 Å². The highest BCUT2D eigenvalue weighted by atomic mass is 16.1. The Bertz CT molecular complexity index is 1040. The Balaban J connectivity index is 1.91. The van der Waals surface area contributed by atoms with Gasteiger partial charge >= 0.3 is 0 Å². The molecule has 0 unspecified atom stereocenters. The van der Waals surface area contributed by atoms with Crippen molar-refractivity contribution in [1.82, 2.24) is 4.90 Å². The number of hydrogen-bond acceptors (Lipinski definition) is 4. The summed E-state index contributed by atoms with van der Waals surface area (Å²) in [4.78, 5) is 15.3. The molecule has 1 aliphatic heterocycles. The van der Waals surface area contributed by atoms with E-state index in [1.807, 2.05) is 65.6 Å². The van der Waals surface area contributed by atoms with Crippen LogP contribution in [-0.2, 0) is 11.3 Å². The van der Waals surface area contributed by atoms with E-state index in [2.05, 4.69) is 19.9 Å². The first-order valence-corrected chi connectivity index (χ1v) is 9.94. The predicted molar refractivity (Wildman–Crippen MR) is 113 cm³/mol. The van der Waals surface area contributed by atoms with Gasteiger partial charge in [-0.1, -0.05) is 74.5 Å². The van der Waals surface area contributed by atoms with Crippen molar-refractivity contribution in [3.05, 3.63) is 94.5 Å². The van der Waals surface area contributed by atoms with Crippen molar-refractivity contribution in [1.29, 1.82) is 5.26 Å². The normalized spacial score (nSPS) is 21.1. The molecule has 0 fully saturated rings. The topological polar surface area (TPSA) is 70.1 Å². The first kappa shape index (κ1) is 19.0. The number of allylic oxidation sites excluding steroid dienone is 3. The van der Waals surface area contributed by atoms with E-state index < -0.39 is 5.92 Å². The molecule has 2 aromatic rings. The summed E-state index contributed by atoms with van der Waals surface area (Å²) in [6.07, 6.45) is 1.23. The predicted octanol–water partition coefficient (Wildman–Crippen LogP) is 4.62. The van der Waals surface area contributed by atoms with Crippen molar-refractivity contribution in [2.75, 3.05) is 0 Å². The van der Waals surface area contributed by atoms with Crippen molar-refractivity contribution in [2.24, 2.45) is 11.1 Å². The summed E-state index contributed by atoms with van der Waals surface area (Å²) in [7, 11) is 0. The van der Waals surface area contributed by atoms with E-state index in [1.165, 1.54) is 0 Å². The second-order valence-corrected chi connectivity index (χ2v) is 8.63. The number of nitrogens with two attached hydrogens (primary N) is 1. The van der Waals surface area contributed by atoms with Gasteiger partial charge in [-0.2, -0.15) is 5.26 Å². The van der Waals surface area contributed by atoms with E-state index in [0.717, 1.165) is 28.8 Å².